The van der Waals surface area contributed by atoms with Crippen LogP contribution in [0.15, 0.2) is 53.4 Å². The third-order valence-electron chi connectivity index (χ3n) is 4.98. The molecule has 0 saturated carbocycles. The van der Waals surface area contributed by atoms with E-state index in [2.05, 4.69) is 16.0 Å². The van der Waals surface area contributed by atoms with Gasteiger partial charge in [0.25, 0.3) is 0 Å². The number of thioether (sulfide) groups is 1. The second-order valence-corrected chi connectivity index (χ2v) is 7.35. The van der Waals surface area contributed by atoms with Crippen LogP contribution in [-0.4, -0.2) is 33.3 Å². The summed E-state index contributed by atoms with van der Waals surface area (Å²) in [4.78, 5) is 20.8. The van der Waals surface area contributed by atoms with Crippen molar-refractivity contribution in [3.63, 3.8) is 0 Å². The van der Waals surface area contributed by atoms with E-state index in [1.54, 1.807) is 11.8 Å². The van der Waals surface area contributed by atoms with E-state index in [0.29, 0.717) is 0 Å². The molecule has 5 nitrogen and oxygen atoms in total. The fourth-order valence-electron chi connectivity index (χ4n) is 3.68. The fraction of sp³-hybridized carbons (Fsp3) is 0.300. The van der Waals surface area contributed by atoms with Gasteiger partial charge in [0.15, 0.2) is 0 Å². The largest absolute Gasteiger partial charge is 0.329 e. The van der Waals surface area contributed by atoms with E-state index in [-0.39, 0.29) is 12.1 Å². The summed E-state index contributed by atoms with van der Waals surface area (Å²) in [5, 5.41) is 3.09. The maximum absolute atomic E-state index is 13.0. The minimum absolute atomic E-state index is 0.00819. The first-order valence-electron chi connectivity index (χ1n) is 8.81. The number of aromatic nitrogens is 2. The number of para-hydroxylation sites is 3. The molecule has 0 aliphatic carbocycles. The van der Waals surface area contributed by atoms with Crippen LogP contribution >= 0.6 is 11.8 Å². The van der Waals surface area contributed by atoms with Crippen LogP contribution in [0.4, 0.5) is 10.5 Å². The number of nitrogens with one attached hydrogen (secondary N) is 1. The Morgan fingerprint density at radius 3 is 2.77 bits per heavy atom. The lowest BCUT2D eigenvalue weighted by atomic mass is 10.2. The van der Waals surface area contributed by atoms with Crippen LogP contribution in [0.2, 0.25) is 0 Å². The van der Waals surface area contributed by atoms with E-state index in [9.17, 15) is 4.79 Å². The van der Waals surface area contributed by atoms with Crippen molar-refractivity contribution in [2.45, 2.75) is 23.8 Å². The zero-order chi connectivity index (χ0) is 18.1. The molecule has 1 fully saturated rings. The number of imidazole rings is 1. The van der Waals surface area contributed by atoms with Crippen LogP contribution in [0, 0.1) is 0 Å². The van der Waals surface area contributed by atoms with Gasteiger partial charge in [0, 0.05) is 18.5 Å². The van der Waals surface area contributed by atoms with Crippen LogP contribution < -0.4 is 5.32 Å². The molecule has 1 saturated heterocycles. The molecule has 3 aromatic rings. The minimum Gasteiger partial charge on any atom is -0.329 e. The summed E-state index contributed by atoms with van der Waals surface area (Å²) < 4.78 is 2.11. The molecule has 2 amide bonds. The molecule has 0 radical (unpaired) electrons. The van der Waals surface area contributed by atoms with E-state index in [1.165, 1.54) is 0 Å². The number of carbonyl (C=O) groups is 1. The number of hydrogen-bond acceptors (Lipinski definition) is 3. The van der Waals surface area contributed by atoms with Gasteiger partial charge in [0.2, 0.25) is 0 Å². The van der Waals surface area contributed by atoms with Crippen molar-refractivity contribution >= 4 is 34.5 Å². The number of nitrogens with zero attached hydrogens (tertiary/aromatic N) is 3. The van der Waals surface area contributed by atoms with Crippen molar-refractivity contribution in [2.24, 2.45) is 7.05 Å². The van der Waals surface area contributed by atoms with Gasteiger partial charge in [-0.05, 0) is 43.4 Å². The van der Waals surface area contributed by atoms with Gasteiger partial charge < -0.3 is 14.8 Å². The summed E-state index contributed by atoms with van der Waals surface area (Å²) in [7, 11) is 2.03. The number of anilines is 1. The maximum Gasteiger partial charge on any atom is 0.322 e. The number of benzene rings is 2. The molecule has 1 aromatic heterocycles. The SMILES string of the molecule is CSc1ccccc1NC(=O)N1CCCC1c1nc2ccccc2n1C. The second-order valence-electron chi connectivity index (χ2n) is 6.50. The Morgan fingerprint density at radius 2 is 1.96 bits per heavy atom. The van der Waals surface area contributed by atoms with E-state index in [0.717, 1.165) is 46.8 Å². The van der Waals surface area contributed by atoms with Gasteiger partial charge >= 0.3 is 6.03 Å². The molecular formula is C20H22N4OS. The molecule has 1 unspecified atom stereocenters. The number of fused-ring (bicyclic) bond motifs is 1. The van der Waals surface area contributed by atoms with Gasteiger partial charge in [-0.2, -0.15) is 0 Å². The van der Waals surface area contributed by atoms with E-state index in [4.69, 9.17) is 4.98 Å². The van der Waals surface area contributed by atoms with Gasteiger partial charge in [0.05, 0.1) is 22.8 Å². The number of rotatable bonds is 3. The summed E-state index contributed by atoms with van der Waals surface area (Å²) in [5.74, 6) is 0.956. The average Bonchev–Trinajstić information content (AvgIpc) is 3.27. The van der Waals surface area contributed by atoms with Crippen molar-refractivity contribution < 1.29 is 4.79 Å². The minimum atomic E-state index is -0.0546. The normalized spacial score (nSPS) is 17.0. The quantitative estimate of drug-likeness (QED) is 0.686. The topological polar surface area (TPSA) is 50.2 Å². The van der Waals surface area contributed by atoms with Gasteiger partial charge in [0.1, 0.15) is 5.82 Å². The fourth-order valence-corrected chi connectivity index (χ4v) is 4.23. The lowest BCUT2D eigenvalue weighted by molar-refractivity contribution is 0.204. The second kappa shape index (κ2) is 7.03. The number of likely N-dealkylation sites (tertiary alicyclic amines) is 1. The molecule has 0 bridgehead atoms. The molecule has 0 spiro atoms. The van der Waals surface area contributed by atoms with Crippen LogP contribution in [0.25, 0.3) is 11.0 Å². The zero-order valence-corrected chi connectivity index (χ0v) is 15.8. The number of hydrogen-bond donors (Lipinski definition) is 1. The van der Waals surface area contributed by atoms with Gasteiger partial charge in [-0.3, -0.25) is 0 Å². The predicted octanol–water partition coefficient (Wildman–Crippen LogP) is 4.66. The van der Waals surface area contributed by atoms with Gasteiger partial charge in [-0.15, -0.1) is 11.8 Å². The highest BCUT2D eigenvalue weighted by Gasteiger charge is 2.33. The number of urea groups is 1. The van der Waals surface area contributed by atoms with Crippen molar-refractivity contribution in [1.29, 1.82) is 0 Å². The van der Waals surface area contributed by atoms with Crippen LogP contribution in [0.3, 0.4) is 0 Å². The number of amides is 2. The zero-order valence-electron chi connectivity index (χ0n) is 15.0. The molecule has 4 rings (SSSR count). The van der Waals surface area contributed by atoms with Crippen molar-refractivity contribution in [2.75, 3.05) is 18.1 Å². The Balaban J connectivity index is 1.61. The van der Waals surface area contributed by atoms with Crippen molar-refractivity contribution in [3.05, 3.63) is 54.4 Å². The first kappa shape index (κ1) is 17.0. The van der Waals surface area contributed by atoms with Crippen molar-refractivity contribution in [1.82, 2.24) is 14.5 Å². The van der Waals surface area contributed by atoms with Crippen molar-refractivity contribution in [3.8, 4) is 0 Å². The van der Waals surface area contributed by atoms with E-state index >= 15 is 0 Å². The Hall–Kier alpha value is -2.47. The molecular weight excluding hydrogens is 344 g/mol. The third kappa shape index (κ3) is 2.94. The first-order valence-corrected chi connectivity index (χ1v) is 10.0. The Bertz CT molecular complexity index is 952. The number of carbonyl (C=O) groups excluding carboxylic acids is 1. The van der Waals surface area contributed by atoms with E-state index in [1.807, 2.05) is 60.7 Å². The highest BCUT2D eigenvalue weighted by molar-refractivity contribution is 7.98. The Morgan fingerprint density at radius 1 is 1.19 bits per heavy atom. The monoisotopic (exact) mass is 366 g/mol. The first-order chi connectivity index (χ1) is 12.7. The van der Waals surface area contributed by atoms with E-state index < -0.39 is 0 Å². The predicted molar refractivity (Wildman–Crippen MR) is 107 cm³/mol. The third-order valence-corrected chi connectivity index (χ3v) is 5.78. The summed E-state index contributed by atoms with van der Waals surface area (Å²) in [5.41, 5.74) is 2.94. The highest BCUT2D eigenvalue weighted by Crippen LogP contribution is 2.34. The lowest BCUT2D eigenvalue weighted by Gasteiger charge is -2.25. The molecule has 1 aliphatic heterocycles. The van der Waals surface area contributed by atoms with Crippen LogP contribution in [0.5, 0.6) is 0 Å². The Labute approximate surface area is 157 Å². The molecule has 134 valence electrons. The lowest BCUT2D eigenvalue weighted by Crippen LogP contribution is -2.35. The molecule has 2 heterocycles. The molecule has 1 N–H and O–H groups in total. The molecule has 6 heteroatoms. The molecule has 2 aromatic carbocycles. The molecule has 1 aliphatic rings. The molecule has 26 heavy (non-hydrogen) atoms. The van der Waals surface area contributed by atoms with Crippen LogP contribution in [0.1, 0.15) is 24.7 Å². The standard InChI is InChI=1S/C20H22N4OS/c1-23-16-10-5-3-8-14(16)21-19(23)17-11-7-13-24(17)20(25)22-15-9-4-6-12-18(15)26-2/h3-6,8-10,12,17H,7,11,13H2,1-2H3,(H,22,25). The summed E-state index contributed by atoms with van der Waals surface area (Å²) >= 11 is 1.63. The number of aryl methyl sites for hydroxylation is 1. The van der Waals surface area contributed by atoms with Gasteiger partial charge in [-0.1, -0.05) is 24.3 Å². The molecule has 1 atom stereocenters. The maximum atomic E-state index is 13.0. The summed E-state index contributed by atoms with van der Waals surface area (Å²) in [6.07, 6.45) is 3.95. The van der Waals surface area contributed by atoms with Crippen LogP contribution in [-0.2, 0) is 7.05 Å². The summed E-state index contributed by atoms with van der Waals surface area (Å²) in [6.45, 7) is 0.751. The Kier molecular flexibility index (Phi) is 4.59. The smallest absolute Gasteiger partial charge is 0.322 e. The van der Waals surface area contributed by atoms with Gasteiger partial charge in [-0.25, -0.2) is 9.78 Å². The highest BCUT2D eigenvalue weighted by atomic mass is 32.2. The average molecular weight is 366 g/mol. The summed E-state index contributed by atoms with van der Waals surface area (Å²) in [6, 6.07) is 16.0.